The van der Waals surface area contributed by atoms with Crippen LogP contribution in [0.1, 0.15) is 17.5 Å². The molecular weight excluding hydrogens is 252 g/mol. The highest BCUT2D eigenvalue weighted by Crippen LogP contribution is 2.25. The third kappa shape index (κ3) is 2.99. The van der Waals surface area contributed by atoms with Gasteiger partial charge in [-0.2, -0.15) is 5.10 Å². The fourth-order valence-corrected chi connectivity index (χ4v) is 2.77. The number of hydrogen-bond acceptors (Lipinski definition) is 4. The standard InChI is InChI=1S/C15H20N4O/c1-20-15-5-3-12-2-4-14(8-13(12)9-15)17-6-7-19-11-16-10-18-19/h3,5,9-11,14,17H,2,4,6-8H2,1H3/t14-/m0/s1. The van der Waals surface area contributed by atoms with E-state index >= 15 is 0 Å². The van der Waals surface area contributed by atoms with Crippen LogP contribution >= 0.6 is 0 Å². The van der Waals surface area contributed by atoms with Crippen LogP contribution in [0.4, 0.5) is 0 Å². The molecule has 1 aliphatic carbocycles. The number of ether oxygens (including phenoxy) is 1. The molecule has 0 aliphatic heterocycles. The van der Waals surface area contributed by atoms with Gasteiger partial charge < -0.3 is 10.1 Å². The Bertz CT molecular complexity index is 553. The molecule has 1 aromatic heterocycles. The Balaban J connectivity index is 1.55. The van der Waals surface area contributed by atoms with Crippen molar-refractivity contribution in [3.05, 3.63) is 42.0 Å². The predicted molar refractivity (Wildman–Crippen MR) is 76.8 cm³/mol. The van der Waals surface area contributed by atoms with Crippen LogP contribution in [0, 0.1) is 0 Å². The molecule has 2 aromatic rings. The van der Waals surface area contributed by atoms with Gasteiger partial charge in [0.15, 0.2) is 0 Å². The van der Waals surface area contributed by atoms with Gasteiger partial charge in [-0.05, 0) is 42.5 Å². The summed E-state index contributed by atoms with van der Waals surface area (Å²) in [5.41, 5.74) is 2.87. The topological polar surface area (TPSA) is 52.0 Å². The van der Waals surface area contributed by atoms with Crippen molar-refractivity contribution in [2.24, 2.45) is 0 Å². The molecule has 1 atom stereocenters. The fourth-order valence-electron chi connectivity index (χ4n) is 2.77. The second-order valence-corrected chi connectivity index (χ2v) is 5.19. The molecule has 5 heteroatoms. The molecule has 0 radical (unpaired) electrons. The van der Waals surface area contributed by atoms with Crippen LogP contribution in [0.15, 0.2) is 30.9 Å². The van der Waals surface area contributed by atoms with E-state index < -0.39 is 0 Å². The van der Waals surface area contributed by atoms with Gasteiger partial charge in [0.1, 0.15) is 18.4 Å². The van der Waals surface area contributed by atoms with E-state index in [2.05, 4.69) is 33.6 Å². The van der Waals surface area contributed by atoms with Crippen LogP contribution in [0.3, 0.4) is 0 Å². The first-order chi connectivity index (χ1) is 9.85. The summed E-state index contributed by atoms with van der Waals surface area (Å²) in [5.74, 6) is 0.951. The first-order valence-electron chi connectivity index (χ1n) is 7.07. The van der Waals surface area contributed by atoms with Crippen LogP contribution in [0.2, 0.25) is 0 Å². The Hall–Kier alpha value is -1.88. The van der Waals surface area contributed by atoms with Crippen molar-refractivity contribution < 1.29 is 4.74 Å². The maximum Gasteiger partial charge on any atom is 0.137 e. The number of hydrogen-bond donors (Lipinski definition) is 1. The van der Waals surface area contributed by atoms with E-state index in [4.69, 9.17) is 4.74 Å². The zero-order valence-electron chi connectivity index (χ0n) is 11.7. The van der Waals surface area contributed by atoms with Crippen LogP contribution in [-0.2, 0) is 19.4 Å². The number of rotatable bonds is 5. The number of aromatic nitrogens is 3. The van der Waals surface area contributed by atoms with Crippen molar-refractivity contribution in [1.29, 1.82) is 0 Å². The molecule has 20 heavy (non-hydrogen) atoms. The molecule has 0 unspecified atom stereocenters. The van der Waals surface area contributed by atoms with E-state index in [1.807, 2.05) is 4.68 Å². The van der Waals surface area contributed by atoms with Crippen molar-refractivity contribution >= 4 is 0 Å². The van der Waals surface area contributed by atoms with Gasteiger partial charge in [0.25, 0.3) is 0 Å². The fraction of sp³-hybridized carbons (Fsp3) is 0.467. The van der Waals surface area contributed by atoms with Gasteiger partial charge in [-0.3, -0.25) is 4.68 Å². The number of fused-ring (bicyclic) bond motifs is 1. The monoisotopic (exact) mass is 272 g/mol. The molecular formula is C15H20N4O. The highest BCUT2D eigenvalue weighted by atomic mass is 16.5. The largest absolute Gasteiger partial charge is 0.497 e. The average Bonchev–Trinajstić information content (AvgIpc) is 3.00. The molecule has 0 fully saturated rings. The molecule has 0 saturated carbocycles. The molecule has 0 saturated heterocycles. The highest BCUT2D eigenvalue weighted by molar-refractivity contribution is 5.37. The van der Waals surface area contributed by atoms with E-state index in [9.17, 15) is 0 Å². The van der Waals surface area contributed by atoms with Crippen LogP contribution in [-0.4, -0.2) is 34.5 Å². The average molecular weight is 272 g/mol. The second-order valence-electron chi connectivity index (χ2n) is 5.19. The number of benzene rings is 1. The third-order valence-corrected chi connectivity index (χ3v) is 3.88. The van der Waals surface area contributed by atoms with Crippen molar-refractivity contribution in [2.45, 2.75) is 31.8 Å². The van der Waals surface area contributed by atoms with E-state index in [1.165, 1.54) is 17.5 Å². The van der Waals surface area contributed by atoms with Gasteiger partial charge in [0.05, 0.1) is 13.7 Å². The van der Waals surface area contributed by atoms with Crippen molar-refractivity contribution in [3.8, 4) is 5.75 Å². The van der Waals surface area contributed by atoms with E-state index in [0.717, 1.165) is 31.7 Å². The lowest BCUT2D eigenvalue weighted by Crippen LogP contribution is -2.36. The van der Waals surface area contributed by atoms with E-state index in [0.29, 0.717) is 6.04 Å². The lowest BCUT2D eigenvalue weighted by molar-refractivity contribution is 0.409. The van der Waals surface area contributed by atoms with Crippen LogP contribution in [0.5, 0.6) is 5.75 Å². The van der Waals surface area contributed by atoms with E-state index in [-0.39, 0.29) is 0 Å². The van der Waals surface area contributed by atoms with E-state index in [1.54, 1.807) is 19.8 Å². The van der Waals surface area contributed by atoms with Crippen molar-refractivity contribution in [2.75, 3.05) is 13.7 Å². The molecule has 1 aliphatic rings. The first-order valence-corrected chi connectivity index (χ1v) is 7.07. The summed E-state index contributed by atoms with van der Waals surface area (Å²) in [7, 11) is 1.72. The van der Waals surface area contributed by atoms with Crippen LogP contribution in [0.25, 0.3) is 0 Å². The summed E-state index contributed by atoms with van der Waals surface area (Å²) in [5, 5.41) is 7.72. The Labute approximate surface area is 119 Å². The molecule has 106 valence electrons. The maximum absolute atomic E-state index is 5.31. The van der Waals surface area contributed by atoms with Gasteiger partial charge in [0.2, 0.25) is 0 Å². The van der Waals surface area contributed by atoms with Gasteiger partial charge in [-0.1, -0.05) is 6.07 Å². The zero-order chi connectivity index (χ0) is 13.8. The van der Waals surface area contributed by atoms with Crippen molar-refractivity contribution in [3.63, 3.8) is 0 Å². The van der Waals surface area contributed by atoms with Gasteiger partial charge in [0, 0.05) is 12.6 Å². The molecule has 0 bridgehead atoms. The summed E-state index contributed by atoms with van der Waals surface area (Å²) in [4.78, 5) is 3.95. The Morgan fingerprint density at radius 1 is 1.40 bits per heavy atom. The number of aryl methyl sites for hydroxylation is 1. The third-order valence-electron chi connectivity index (χ3n) is 3.88. The summed E-state index contributed by atoms with van der Waals surface area (Å²) in [6.07, 6.45) is 6.73. The SMILES string of the molecule is COc1ccc2c(c1)C[C@@H](NCCn1cncn1)CC2. The summed E-state index contributed by atoms with van der Waals surface area (Å²) < 4.78 is 7.16. The smallest absolute Gasteiger partial charge is 0.137 e. The van der Waals surface area contributed by atoms with Crippen LogP contribution < -0.4 is 10.1 Å². The van der Waals surface area contributed by atoms with Gasteiger partial charge in [-0.25, -0.2) is 4.98 Å². The molecule has 1 heterocycles. The Morgan fingerprint density at radius 3 is 3.15 bits per heavy atom. The Kier molecular flexibility index (Phi) is 3.97. The second kappa shape index (κ2) is 6.05. The highest BCUT2D eigenvalue weighted by Gasteiger charge is 2.18. The lowest BCUT2D eigenvalue weighted by Gasteiger charge is -2.26. The lowest BCUT2D eigenvalue weighted by atomic mass is 9.88. The molecule has 0 spiro atoms. The quantitative estimate of drug-likeness (QED) is 0.894. The minimum absolute atomic E-state index is 0.540. The molecule has 1 N–H and O–H groups in total. The predicted octanol–water partition coefficient (Wildman–Crippen LogP) is 1.43. The van der Waals surface area contributed by atoms with Gasteiger partial charge >= 0.3 is 0 Å². The minimum atomic E-state index is 0.540. The zero-order valence-corrected chi connectivity index (χ0v) is 11.7. The first kappa shape index (κ1) is 13.1. The number of nitrogens with zero attached hydrogens (tertiary/aromatic N) is 3. The summed E-state index contributed by atoms with van der Waals surface area (Å²) >= 11 is 0. The van der Waals surface area contributed by atoms with Gasteiger partial charge in [-0.15, -0.1) is 0 Å². The molecule has 3 rings (SSSR count). The molecule has 5 nitrogen and oxygen atoms in total. The maximum atomic E-state index is 5.31. The number of nitrogens with one attached hydrogen (secondary N) is 1. The number of methoxy groups -OCH3 is 1. The molecule has 1 aromatic carbocycles. The summed E-state index contributed by atoms with van der Waals surface area (Å²) in [6, 6.07) is 6.95. The Morgan fingerprint density at radius 2 is 2.35 bits per heavy atom. The molecule has 0 amide bonds. The normalized spacial score (nSPS) is 17.8. The van der Waals surface area contributed by atoms with Crippen molar-refractivity contribution in [1.82, 2.24) is 20.1 Å². The summed E-state index contributed by atoms with van der Waals surface area (Å²) in [6.45, 7) is 1.79. The minimum Gasteiger partial charge on any atom is -0.497 e.